The van der Waals surface area contributed by atoms with Crippen LogP contribution in [0.5, 0.6) is 0 Å². The van der Waals surface area contributed by atoms with Crippen molar-refractivity contribution in [3.63, 3.8) is 0 Å². The Morgan fingerprint density at radius 2 is 2.11 bits per heavy atom. The van der Waals surface area contributed by atoms with E-state index in [0.29, 0.717) is 12.1 Å². The van der Waals surface area contributed by atoms with Gasteiger partial charge in [-0.15, -0.1) is 12.3 Å². The number of fused-ring (bicyclic) bond motifs is 3. The van der Waals surface area contributed by atoms with Gasteiger partial charge in [0.25, 0.3) is 0 Å². The predicted molar refractivity (Wildman–Crippen MR) is 76.6 cm³/mol. The standard InChI is InChI=1S/C15H27N3/c1-3-5-6-7-14(16-8-4-2)15-13-17-9-11-18(15)12-10-17/h1,14-16H,4-13H2,2H3. The molecule has 0 aromatic rings. The van der Waals surface area contributed by atoms with Crippen LogP contribution >= 0.6 is 0 Å². The fourth-order valence-electron chi connectivity index (χ4n) is 3.22. The summed E-state index contributed by atoms with van der Waals surface area (Å²) in [5.41, 5.74) is 0. The highest BCUT2D eigenvalue weighted by atomic mass is 15.4. The molecule has 3 heteroatoms. The fourth-order valence-corrected chi connectivity index (χ4v) is 3.22. The minimum Gasteiger partial charge on any atom is -0.312 e. The van der Waals surface area contributed by atoms with Crippen LogP contribution in [0.25, 0.3) is 0 Å². The van der Waals surface area contributed by atoms with Gasteiger partial charge in [0.2, 0.25) is 0 Å². The maximum atomic E-state index is 5.36. The Balaban J connectivity index is 1.88. The second-order valence-electron chi connectivity index (χ2n) is 5.56. The second kappa shape index (κ2) is 7.13. The Morgan fingerprint density at radius 3 is 2.67 bits per heavy atom. The average Bonchev–Trinajstić information content (AvgIpc) is 2.44. The number of unbranched alkanes of at least 4 members (excludes halogenated alkanes) is 1. The van der Waals surface area contributed by atoms with E-state index in [9.17, 15) is 0 Å². The summed E-state index contributed by atoms with van der Waals surface area (Å²) >= 11 is 0. The molecule has 0 spiro atoms. The topological polar surface area (TPSA) is 18.5 Å². The monoisotopic (exact) mass is 249 g/mol. The number of hydrogen-bond acceptors (Lipinski definition) is 3. The third-order valence-electron chi connectivity index (χ3n) is 4.28. The SMILES string of the molecule is C#CCCCC(NCCC)C1CN2CCN1CC2. The number of nitrogens with one attached hydrogen (secondary N) is 1. The summed E-state index contributed by atoms with van der Waals surface area (Å²) in [5.74, 6) is 2.76. The molecular formula is C15H27N3. The molecule has 3 fully saturated rings. The third-order valence-corrected chi connectivity index (χ3v) is 4.28. The molecule has 0 aromatic carbocycles. The molecule has 3 heterocycles. The van der Waals surface area contributed by atoms with Gasteiger partial charge in [-0.3, -0.25) is 9.80 Å². The minimum absolute atomic E-state index is 0.626. The van der Waals surface area contributed by atoms with Gasteiger partial charge in [-0.1, -0.05) is 6.92 Å². The van der Waals surface area contributed by atoms with Crippen molar-refractivity contribution in [2.24, 2.45) is 0 Å². The maximum Gasteiger partial charge on any atom is 0.0377 e. The second-order valence-corrected chi connectivity index (χ2v) is 5.56. The van der Waals surface area contributed by atoms with Crippen molar-refractivity contribution in [1.82, 2.24) is 15.1 Å². The zero-order chi connectivity index (χ0) is 12.8. The van der Waals surface area contributed by atoms with Gasteiger partial charge in [-0.2, -0.15) is 0 Å². The number of rotatable bonds is 7. The first-order valence-electron chi connectivity index (χ1n) is 7.48. The van der Waals surface area contributed by atoms with Crippen LogP contribution in [-0.4, -0.2) is 61.2 Å². The highest BCUT2D eigenvalue weighted by Crippen LogP contribution is 2.20. The lowest BCUT2D eigenvalue weighted by Crippen LogP contribution is -2.66. The Hall–Kier alpha value is -0.560. The molecule has 1 N–H and O–H groups in total. The number of terminal acetylenes is 1. The minimum atomic E-state index is 0.626. The van der Waals surface area contributed by atoms with Crippen molar-refractivity contribution in [2.45, 2.75) is 44.7 Å². The molecule has 3 rings (SSSR count). The van der Waals surface area contributed by atoms with Crippen LogP contribution in [0.4, 0.5) is 0 Å². The van der Waals surface area contributed by atoms with Crippen LogP contribution in [0.2, 0.25) is 0 Å². The molecule has 102 valence electrons. The van der Waals surface area contributed by atoms with E-state index >= 15 is 0 Å². The van der Waals surface area contributed by atoms with Crippen LogP contribution in [0.15, 0.2) is 0 Å². The third kappa shape index (κ3) is 3.47. The number of nitrogens with zero attached hydrogens (tertiary/aromatic N) is 2. The van der Waals surface area contributed by atoms with E-state index in [2.05, 4.69) is 28.0 Å². The molecule has 2 unspecified atom stereocenters. The fraction of sp³-hybridized carbons (Fsp3) is 0.867. The Kier molecular flexibility index (Phi) is 5.49. The molecule has 3 saturated heterocycles. The lowest BCUT2D eigenvalue weighted by Gasteiger charge is -2.50. The summed E-state index contributed by atoms with van der Waals surface area (Å²) in [5, 5.41) is 3.75. The lowest BCUT2D eigenvalue weighted by molar-refractivity contribution is -0.00464. The number of piperazine rings is 3. The van der Waals surface area contributed by atoms with Gasteiger partial charge >= 0.3 is 0 Å². The van der Waals surface area contributed by atoms with Gasteiger partial charge in [-0.25, -0.2) is 0 Å². The van der Waals surface area contributed by atoms with Crippen LogP contribution in [0.1, 0.15) is 32.6 Å². The maximum absolute atomic E-state index is 5.36. The van der Waals surface area contributed by atoms with Crippen molar-refractivity contribution in [3.05, 3.63) is 0 Å². The van der Waals surface area contributed by atoms with Crippen LogP contribution in [0, 0.1) is 12.3 Å². The Labute approximate surface area is 112 Å². The van der Waals surface area contributed by atoms with Crippen molar-refractivity contribution < 1.29 is 0 Å². The van der Waals surface area contributed by atoms with Crippen LogP contribution < -0.4 is 5.32 Å². The largest absolute Gasteiger partial charge is 0.312 e. The summed E-state index contributed by atoms with van der Waals surface area (Å²) in [7, 11) is 0. The van der Waals surface area contributed by atoms with E-state index in [-0.39, 0.29) is 0 Å². The predicted octanol–water partition coefficient (Wildman–Crippen LogP) is 1.16. The van der Waals surface area contributed by atoms with Crippen molar-refractivity contribution in [2.75, 3.05) is 39.3 Å². The van der Waals surface area contributed by atoms with E-state index < -0.39 is 0 Å². The average molecular weight is 249 g/mol. The summed E-state index contributed by atoms with van der Waals surface area (Å²) in [6.45, 7) is 9.65. The molecule has 0 radical (unpaired) electrons. The molecule has 3 aliphatic heterocycles. The molecular weight excluding hydrogens is 222 g/mol. The summed E-state index contributed by atoms with van der Waals surface area (Å²) in [4.78, 5) is 5.30. The van der Waals surface area contributed by atoms with E-state index in [1.54, 1.807) is 0 Å². The van der Waals surface area contributed by atoms with Crippen LogP contribution in [0.3, 0.4) is 0 Å². The molecule has 0 amide bonds. The van der Waals surface area contributed by atoms with E-state index in [0.717, 1.165) is 19.4 Å². The summed E-state index contributed by atoms with van der Waals surface area (Å²) in [6.07, 6.45) is 9.87. The highest BCUT2D eigenvalue weighted by molar-refractivity contribution is 4.95. The van der Waals surface area contributed by atoms with Gasteiger partial charge in [-0.05, 0) is 25.8 Å². The molecule has 3 nitrogen and oxygen atoms in total. The van der Waals surface area contributed by atoms with Crippen molar-refractivity contribution in [1.29, 1.82) is 0 Å². The molecule has 18 heavy (non-hydrogen) atoms. The molecule has 0 aromatic heterocycles. The van der Waals surface area contributed by atoms with Crippen molar-refractivity contribution in [3.8, 4) is 12.3 Å². The Morgan fingerprint density at radius 1 is 1.33 bits per heavy atom. The number of hydrogen-bond donors (Lipinski definition) is 1. The van der Waals surface area contributed by atoms with E-state index in [1.807, 2.05) is 0 Å². The summed E-state index contributed by atoms with van der Waals surface area (Å²) in [6, 6.07) is 1.33. The Bertz CT molecular complexity index is 276. The van der Waals surface area contributed by atoms with Gasteiger partial charge in [0.15, 0.2) is 0 Å². The molecule has 2 atom stereocenters. The summed E-state index contributed by atoms with van der Waals surface area (Å²) < 4.78 is 0. The normalized spacial score (nSPS) is 32.1. The molecule has 2 bridgehead atoms. The van der Waals surface area contributed by atoms with Gasteiger partial charge in [0.05, 0.1) is 0 Å². The van der Waals surface area contributed by atoms with E-state index in [1.165, 1.54) is 45.6 Å². The van der Waals surface area contributed by atoms with E-state index in [4.69, 9.17) is 6.42 Å². The molecule has 0 aliphatic carbocycles. The van der Waals surface area contributed by atoms with Gasteiger partial charge in [0.1, 0.15) is 0 Å². The van der Waals surface area contributed by atoms with Gasteiger partial charge in [0, 0.05) is 51.2 Å². The van der Waals surface area contributed by atoms with Crippen molar-refractivity contribution >= 4 is 0 Å². The first-order valence-corrected chi connectivity index (χ1v) is 7.48. The quantitative estimate of drug-likeness (QED) is 0.539. The van der Waals surface area contributed by atoms with Gasteiger partial charge < -0.3 is 5.32 Å². The molecule has 0 saturated carbocycles. The highest BCUT2D eigenvalue weighted by Gasteiger charge is 2.35. The smallest absolute Gasteiger partial charge is 0.0377 e. The zero-order valence-corrected chi connectivity index (χ0v) is 11.7. The first-order chi connectivity index (χ1) is 8.85. The lowest BCUT2D eigenvalue weighted by atomic mass is 9.95. The zero-order valence-electron chi connectivity index (χ0n) is 11.7. The molecule has 3 aliphatic rings. The first kappa shape index (κ1) is 13.9. The van der Waals surface area contributed by atoms with Crippen LogP contribution in [-0.2, 0) is 0 Å².